The number of aromatic nitrogens is 2. The fraction of sp³-hybridized carbons (Fsp3) is 0.118. The maximum atomic E-state index is 11.8. The molecule has 0 amide bonds. The number of anilines is 4. The van der Waals surface area contributed by atoms with Crippen molar-refractivity contribution in [1.29, 1.82) is 0 Å². The second-order valence-corrected chi connectivity index (χ2v) is 14.8. The van der Waals surface area contributed by atoms with Gasteiger partial charge in [0.1, 0.15) is 0 Å². The first-order chi connectivity index (χ1) is 22.3. The number of hydrogen-bond acceptors (Lipinski definition) is 11. The van der Waals surface area contributed by atoms with Crippen LogP contribution >= 0.6 is 0 Å². The minimum atomic E-state index is -3.31. The van der Waals surface area contributed by atoms with Gasteiger partial charge in [-0.15, -0.1) is 0 Å². The second-order valence-electron chi connectivity index (χ2n) is 10.7. The smallest absolute Gasteiger partial charge is 0.231 e. The number of hydrogen-bond donors (Lipinski definition) is 3. The Balaban J connectivity index is 1.42. The topological polar surface area (TPSA) is 155 Å². The Morgan fingerprint density at radius 2 is 1.04 bits per heavy atom. The molecular weight excluding hydrogens is 635 g/mol. The fourth-order valence-electron chi connectivity index (χ4n) is 4.45. The van der Waals surface area contributed by atoms with Crippen LogP contribution in [-0.2, 0) is 19.7 Å². The molecule has 5 rings (SSSR count). The Morgan fingerprint density at radius 1 is 0.574 bits per heavy atom. The van der Waals surface area contributed by atoms with Crippen molar-refractivity contribution < 1.29 is 16.8 Å². The minimum Gasteiger partial charge on any atom is -0.324 e. The molecular formula is C34H33N7O4S2. The molecule has 3 N–H and O–H groups in total. The Hall–Kier alpha value is -5.40. The molecule has 0 fully saturated rings. The molecule has 11 nitrogen and oxygen atoms in total. The third-order valence-electron chi connectivity index (χ3n) is 7.03. The summed E-state index contributed by atoms with van der Waals surface area (Å²) in [4.78, 5) is 9.64. The lowest BCUT2D eigenvalue weighted by Gasteiger charge is -2.11. The Kier molecular flexibility index (Phi) is 9.78. The summed E-state index contributed by atoms with van der Waals surface area (Å²) in [6.45, 7) is 3.58. The fourth-order valence-corrected chi connectivity index (χ4v) is 5.71. The van der Waals surface area contributed by atoms with Gasteiger partial charge < -0.3 is 5.32 Å². The summed E-state index contributed by atoms with van der Waals surface area (Å²) in [6, 6.07) is 32.4. The van der Waals surface area contributed by atoms with E-state index >= 15 is 0 Å². The lowest BCUT2D eigenvalue weighted by molar-refractivity contribution is 0.600. The highest BCUT2D eigenvalue weighted by Gasteiger charge is 2.10. The van der Waals surface area contributed by atoms with Gasteiger partial charge in [-0.2, -0.15) is 20.2 Å². The van der Waals surface area contributed by atoms with Gasteiger partial charge in [0.05, 0.1) is 21.2 Å². The van der Waals surface area contributed by atoms with Crippen LogP contribution in [0, 0.1) is 0 Å². The molecule has 1 heterocycles. The van der Waals surface area contributed by atoms with E-state index in [1.165, 1.54) is 24.3 Å². The van der Waals surface area contributed by atoms with Crippen molar-refractivity contribution in [2.75, 3.05) is 28.7 Å². The SMILES string of the molecule is CC(=NNc1cc(NN=C(C)c2ccc(S(C)(=O)=O)cc2)nc(Nc2cccc(-c3ccccc3)c2)n1)c1ccc(S(C)(=O)=O)cc1. The van der Waals surface area contributed by atoms with Crippen molar-refractivity contribution >= 4 is 54.4 Å². The predicted octanol–water partition coefficient (Wildman–Crippen LogP) is 6.37. The molecule has 0 bridgehead atoms. The number of nitrogens with one attached hydrogen (secondary N) is 3. The number of benzene rings is 4. The summed E-state index contributed by atoms with van der Waals surface area (Å²) >= 11 is 0. The van der Waals surface area contributed by atoms with Crippen LogP contribution in [0.1, 0.15) is 25.0 Å². The molecule has 0 aliphatic heterocycles. The van der Waals surface area contributed by atoms with Crippen molar-refractivity contribution in [3.05, 3.63) is 120 Å². The average molecular weight is 668 g/mol. The maximum Gasteiger partial charge on any atom is 0.231 e. The lowest BCUT2D eigenvalue weighted by Crippen LogP contribution is -2.07. The molecule has 4 aromatic carbocycles. The van der Waals surface area contributed by atoms with E-state index in [-0.39, 0.29) is 15.7 Å². The van der Waals surface area contributed by atoms with Crippen LogP contribution < -0.4 is 16.2 Å². The van der Waals surface area contributed by atoms with Gasteiger partial charge in [0.15, 0.2) is 31.3 Å². The van der Waals surface area contributed by atoms with Gasteiger partial charge in [-0.3, -0.25) is 10.9 Å². The van der Waals surface area contributed by atoms with E-state index in [2.05, 4.69) is 36.3 Å². The van der Waals surface area contributed by atoms with Crippen LogP contribution in [0.4, 0.5) is 23.3 Å². The molecule has 240 valence electrons. The van der Waals surface area contributed by atoms with Crippen LogP contribution in [0.2, 0.25) is 0 Å². The van der Waals surface area contributed by atoms with Gasteiger partial charge >= 0.3 is 0 Å². The summed E-state index contributed by atoms with van der Waals surface area (Å²) in [7, 11) is -6.63. The van der Waals surface area contributed by atoms with Gasteiger partial charge in [0.2, 0.25) is 5.95 Å². The quantitative estimate of drug-likeness (QED) is 0.108. The summed E-state index contributed by atoms with van der Waals surface area (Å²) in [6.07, 6.45) is 2.32. The van der Waals surface area contributed by atoms with E-state index in [4.69, 9.17) is 0 Å². The standard InChI is InChI=1S/C34H33N7O4S2/c1-23(25-13-17-30(18-14-25)46(3,42)43)38-40-32-22-33(41-39-24(2)26-15-19-31(20-16-26)47(4,44)45)37-34(36-32)35-29-12-8-11-28(21-29)27-9-6-5-7-10-27/h5-22H,1-4H3,(H3,35,36,37,40,41). The van der Waals surface area contributed by atoms with Crippen molar-refractivity contribution in [3.8, 4) is 11.1 Å². The van der Waals surface area contributed by atoms with Crippen molar-refractivity contribution in [2.24, 2.45) is 10.2 Å². The molecule has 47 heavy (non-hydrogen) atoms. The van der Waals surface area contributed by atoms with Crippen molar-refractivity contribution in [3.63, 3.8) is 0 Å². The molecule has 0 radical (unpaired) electrons. The number of sulfone groups is 2. The van der Waals surface area contributed by atoms with Gasteiger partial charge in [-0.1, -0.05) is 66.7 Å². The maximum absolute atomic E-state index is 11.8. The van der Waals surface area contributed by atoms with E-state index in [1.807, 2.05) is 54.6 Å². The monoisotopic (exact) mass is 667 g/mol. The molecule has 0 spiro atoms. The number of rotatable bonds is 11. The normalized spacial score (nSPS) is 12.4. The molecule has 0 aliphatic carbocycles. The van der Waals surface area contributed by atoms with Crippen LogP contribution in [0.5, 0.6) is 0 Å². The highest BCUT2D eigenvalue weighted by atomic mass is 32.2. The number of hydrazone groups is 2. The molecule has 0 aliphatic rings. The predicted molar refractivity (Wildman–Crippen MR) is 188 cm³/mol. The Bertz CT molecular complexity index is 2060. The van der Waals surface area contributed by atoms with E-state index in [0.717, 1.165) is 40.5 Å². The molecule has 13 heteroatoms. The van der Waals surface area contributed by atoms with E-state index in [1.54, 1.807) is 44.2 Å². The van der Waals surface area contributed by atoms with Crippen LogP contribution in [0.25, 0.3) is 11.1 Å². The van der Waals surface area contributed by atoms with Gasteiger partial charge in [0.25, 0.3) is 0 Å². The largest absolute Gasteiger partial charge is 0.324 e. The molecule has 1 aromatic heterocycles. The minimum absolute atomic E-state index is 0.225. The first kappa shape index (κ1) is 33.0. The molecule has 0 unspecified atom stereocenters. The highest BCUT2D eigenvalue weighted by molar-refractivity contribution is 7.91. The zero-order chi connectivity index (χ0) is 33.6. The lowest BCUT2D eigenvalue weighted by atomic mass is 10.1. The first-order valence-corrected chi connectivity index (χ1v) is 18.2. The summed E-state index contributed by atoms with van der Waals surface area (Å²) in [5, 5.41) is 12.2. The average Bonchev–Trinajstić information content (AvgIpc) is 3.06. The molecule has 0 atom stereocenters. The van der Waals surface area contributed by atoms with E-state index < -0.39 is 19.7 Å². The zero-order valence-corrected chi connectivity index (χ0v) is 27.8. The van der Waals surface area contributed by atoms with E-state index in [0.29, 0.717) is 23.1 Å². The highest BCUT2D eigenvalue weighted by Crippen LogP contribution is 2.25. The first-order valence-electron chi connectivity index (χ1n) is 14.4. The zero-order valence-electron chi connectivity index (χ0n) is 26.1. The third kappa shape index (κ3) is 8.87. The Morgan fingerprint density at radius 3 is 1.51 bits per heavy atom. The van der Waals surface area contributed by atoms with Crippen molar-refractivity contribution in [2.45, 2.75) is 23.6 Å². The molecule has 5 aromatic rings. The van der Waals surface area contributed by atoms with Crippen LogP contribution in [0.15, 0.2) is 129 Å². The van der Waals surface area contributed by atoms with Crippen LogP contribution in [-0.4, -0.2) is 50.7 Å². The number of nitrogens with zero attached hydrogens (tertiary/aromatic N) is 4. The molecule has 0 saturated carbocycles. The van der Waals surface area contributed by atoms with Gasteiger partial charge in [-0.05, 0) is 72.5 Å². The second kappa shape index (κ2) is 13.9. The third-order valence-corrected chi connectivity index (χ3v) is 9.29. The van der Waals surface area contributed by atoms with E-state index in [9.17, 15) is 16.8 Å². The van der Waals surface area contributed by atoms with Gasteiger partial charge in [0, 0.05) is 24.3 Å². The molecule has 0 saturated heterocycles. The van der Waals surface area contributed by atoms with Gasteiger partial charge in [-0.25, -0.2) is 16.8 Å². The summed E-state index contributed by atoms with van der Waals surface area (Å²) < 4.78 is 47.3. The summed E-state index contributed by atoms with van der Waals surface area (Å²) in [5.74, 6) is 1.00. The van der Waals surface area contributed by atoms with Crippen molar-refractivity contribution in [1.82, 2.24) is 9.97 Å². The Labute approximate surface area is 274 Å². The van der Waals surface area contributed by atoms with Crippen LogP contribution in [0.3, 0.4) is 0 Å². The summed E-state index contributed by atoms with van der Waals surface area (Å²) in [5.41, 5.74) is 11.5.